The number of ether oxygens (including phenoxy) is 1. The number of aliphatic hydroxyl groups excluding tert-OH is 1. The third-order valence-corrected chi connectivity index (χ3v) is 4.24. The summed E-state index contributed by atoms with van der Waals surface area (Å²) in [6, 6.07) is 12.0. The molecule has 2 nitrogen and oxygen atoms in total. The lowest BCUT2D eigenvalue weighted by molar-refractivity contribution is 0.281. The molecule has 0 atom stereocenters. The SMILES string of the molecule is OCc1ccc(Oc2ccc3c(c2)CCC3)cc1Br. The molecule has 1 aliphatic rings. The van der Waals surface area contributed by atoms with Gasteiger partial charge in [0.15, 0.2) is 0 Å². The number of fused-ring (bicyclic) bond motifs is 1. The predicted octanol–water partition coefficient (Wildman–Crippen LogP) is 4.22. The number of benzene rings is 2. The van der Waals surface area contributed by atoms with Crippen molar-refractivity contribution in [3.8, 4) is 11.5 Å². The minimum Gasteiger partial charge on any atom is -0.457 e. The van der Waals surface area contributed by atoms with Crippen LogP contribution in [0.4, 0.5) is 0 Å². The molecule has 98 valence electrons. The molecule has 0 fully saturated rings. The van der Waals surface area contributed by atoms with Crippen LogP contribution in [0.1, 0.15) is 23.1 Å². The molecular formula is C16H15BrO2. The van der Waals surface area contributed by atoms with Crippen LogP contribution in [0.5, 0.6) is 11.5 Å². The first kappa shape index (κ1) is 12.7. The molecule has 3 heteroatoms. The van der Waals surface area contributed by atoms with E-state index in [1.165, 1.54) is 24.0 Å². The Morgan fingerprint density at radius 3 is 2.53 bits per heavy atom. The fourth-order valence-corrected chi connectivity index (χ4v) is 2.95. The summed E-state index contributed by atoms with van der Waals surface area (Å²) in [6.45, 7) is 0.0275. The molecule has 19 heavy (non-hydrogen) atoms. The normalized spacial score (nSPS) is 13.4. The van der Waals surface area contributed by atoms with Gasteiger partial charge in [-0.1, -0.05) is 28.1 Å². The van der Waals surface area contributed by atoms with Crippen LogP contribution in [-0.2, 0) is 19.4 Å². The van der Waals surface area contributed by atoms with Crippen LogP contribution in [0.15, 0.2) is 40.9 Å². The molecule has 0 spiro atoms. The highest BCUT2D eigenvalue weighted by Crippen LogP contribution is 2.30. The lowest BCUT2D eigenvalue weighted by atomic mass is 10.1. The average molecular weight is 319 g/mol. The van der Waals surface area contributed by atoms with Crippen molar-refractivity contribution in [2.75, 3.05) is 0 Å². The number of aryl methyl sites for hydroxylation is 2. The average Bonchev–Trinajstić information content (AvgIpc) is 2.86. The number of hydrogen-bond acceptors (Lipinski definition) is 2. The molecule has 0 saturated carbocycles. The van der Waals surface area contributed by atoms with Crippen molar-refractivity contribution in [3.63, 3.8) is 0 Å². The Labute approximate surface area is 121 Å². The van der Waals surface area contributed by atoms with Crippen molar-refractivity contribution in [1.29, 1.82) is 0 Å². The lowest BCUT2D eigenvalue weighted by Gasteiger charge is -2.09. The van der Waals surface area contributed by atoms with E-state index in [-0.39, 0.29) is 6.61 Å². The Hall–Kier alpha value is -1.32. The van der Waals surface area contributed by atoms with Gasteiger partial charge in [-0.05, 0) is 60.2 Å². The molecule has 1 N–H and O–H groups in total. The summed E-state index contributed by atoms with van der Waals surface area (Å²) < 4.78 is 6.74. The number of aliphatic hydroxyl groups is 1. The first-order valence-electron chi connectivity index (χ1n) is 6.45. The molecule has 0 aromatic heterocycles. The van der Waals surface area contributed by atoms with E-state index in [4.69, 9.17) is 9.84 Å². The zero-order valence-corrected chi connectivity index (χ0v) is 12.1. The summed E-state index contributed by atoms with van der Waals surface area (Å²) >= 11 is 3.43. The van der Waals surface area contributed by atoms with Gasteiger partial charge < -0.3 is 9.84 Å². The third-order valence-electron chi connectivity index (χ3n) is 3.50. The van der Waals surface area contributed by atoms with Crippen LogP contribution in [0.25, 0.3) is 0 Å². The maximum atomic E-state index is 9.13. The maximum Gasteiger partial charge on any atom is 0.128 e. The van der Waals surface area contributed by atoms with Crippen molar-refractivity contribution in [3.05, 3.63) is 57.6 Å². The van der Waals surface area contributed by atoms with E-state index in [0.717, 1.165) is 28.0 Å². The topological polar surface area (TPSA) is 29.5 Å². The van der Waals surface area contributed by atoms with Crippen LogP contribution in [-0.4, -0.2) is 5.11 Å². The van der Waals surface area contributed by atoms with Gasteiger partial charge in [-0.2, -0.15) is 0 Å². The van der Waals surface area contributed by atoms with E-state index < -0.39 is 0 Å². The highest BCUT2D eigenvalue weighted by molar-refractivity contribution is 9.10. The van der Waals surface area contributed by atoms with E-state index in [9.17, 15) is 0 Å². The molecule has 0 aliphatic heterocycles. The second-order valence-corrected chi connectivity index (χ2v) is 5.65. The van der Waals surface area contributed by atoms with Crippen LogP contribution >= 0.6 is 15.9 Å². The Morgan fingerprint density at radius 1 is 1.00 bits per heavy atom. The zero-order chi connectivity index (χ0) is 13.2. The zero-order valence-electron chi connectivity index (χ0n) is 10.5. The minimum absolute atomic E-state index is 0.0275. The van der Waals surface area contributed by atoms with Crippen molar-refractivity contribution in [2.45, 2.75) is 25.9 Å². The molecule has 0 bridgehead atoms. The summed E-state index contributed by atoms with van der Waals surface area (Å²) in [6.07, 6.45) is 3.58. The Morgan fingerprint density at radius 2 is 1.74 bits per heavy atom. The van der Waals surface area contributed by atoms with E-state index in [2.05, 4.69) is 28.1 Å². The largest absolute Gasteiger partial charge is 0.457 e. The van der Waals surface area contributed by atoms with Gasteiger partial charge in [0.05, 0.1) is 6.61 Å². The standard InChI is InChI=1S/C16H15BrO2/c17-16-9-15(7-5-13(16)10-18)19-14-6-4-11-2-1-3-12(11)8-14/h4-9,18H,1-3,10H2. The van der Waals surface area contributed by atoms with E-state index >= 15 is 0 Å². The molecule has 2 aromatic carbocycles. The van der Waals surface area contributed by atoms with E-state index in [0.29, 0.717) is 0 Å². The number of halogens is 1. The minimum atomic E-state index is 0.0275. The molecular weight excluding hydrogens is 304 g/mol. The molecule has 0 heterocycles. The van der Waals surface area contributed by atoms with Crippen LogP contribution < -0.4 is 4.74 Å². The van der Waals surface area contributed by atoms with Gasteiger partial charge in [-0.3, -0.25) is 0 Å². The van der Waals surface area contributed by atoms with Gasteiger partial charge in [0.1, 0.15) is 11.5 Å². The molecule has 1 aliphatic carbocycles. The number of hydrogen-bond donors (Lipinski definition) is 1. The Bertz CT molecular complexity index is 608. The summed E-state index contributed by atoms with van der Waals surface area (Å²) in [5.74, 6) is 1.66. The predicted molar refractivity (Wildman–Crippen MR) is 78.6 cm³/mol. The first-order chi connectivity index (χ1) is 9.26. The molecule has 2 aromatic rings. The summed E-state index contributed by atoms with van der Waals surface area (Å²) in [4.78, 5) is 0. The summed E-state index contributed by atoms with van der Waals surface area (Å²) in [5, 5.41) is 9.13. The Balaban J connectivity index is 1.83. The van der Waals surface area contributed by atoms with Gasteiger partial charge in [0, 0.05) is 4.47 Å². The highest BCUT2D eigenvalue weighted by Gasteiger charge is 2.11. The fourth-order valence-electron chi connectivity index (χ4n) is 2.47. The van der Waals surface area contributed by atoms with Crippen LogP contribution in [0.2, 0.25) is 0 Å². The maximum absolute atomic E-state index is 9.13. The van der Waals surface area contributed by atoms with Crippen molar-refractivity contribution in [1.82, 2.24) is 0 Å². The fraction of sp³-hybridized carbons (Fsp3) is 0.250. The van der Waals surface area contributed by atoms with Crippen molar-refractivity contribution < 1.29 is 9.84 Å². The first-order valence-corrected chi connectivity index (χ1v) is 7.24. The molecule has 0 amide bonds. The summed E-state index contributed by atoms with van der Waals surface area (Å²) in [7, 11) is 0. The van der Waals surface area contributed by atoms with Gasteiger partial charge in [-0.15, -0.1) is 0 Å². The summed E-state index contributed by atoms with van der Waals surface area (Å²) in [5.41, 5.74) is 3.72. The molecule has 0 unspecified atom stereocenters. The van der Waals surface area contributed by atoms with Gasteiger partial charge in [0.2, 0.25) is 0 Å². The second-order valence-electron chi connectivity index (χ2n) is 4.80. The second kappa shape index (κ2) is 5.35. The molecule has 3 rings (SSSR count). The smallest absolute Gasteiger partial charge is 0.128 e. The van der Waals surface area contributed by atoms with Crippen molar-refractivity contribution in [2.24, 2.45) is 0 Å². The third kappa shape index (κ3) is 2.67. The molecule has 0 saturated heterocycles. The van der Waals surface area contributed by atoms with Gasteiger partial charge in [-0.25, -0.2) is 0 Å². The molecule has 0 radical (unpaired) electrons. The Kier molecular flexibility index (Phi) is 3.58. The van der Waals surface area contributed by atoms with Crippen molar-refractivity contribution >= 4 is 15.9 Å². The highest BCUT2D eigenvalue weighted by atomic mass is 79.9. The van der Waals surface area contributed by atoms with Gasteiger partial charge >= 0.3 is 0 Å². The lowest BCUT2D eigenvalue weighted by Crippen LogP contribution is -1.90. The quantitative estimate of drug-likeness (QED) is 0.918. The van der Waals surface area contributed by atoms with Crippen LogP contribution in [0.3, 0.4) is 0 Å². The monoisotopic (exact) mass is 318 g/mol. The van der Waals surface area contributed by atoms with Gasteiger partial charge in [0.25, 0.3) is 0 Å². The van der Waals surface area contributed by atoms with Crippen LogP contribution in [0, 0.1) is 0 Å². The van der Waals surface area contributed by atoms with E-state index in [1.54, 1.807) is 0 Å². The van der Waals surface area contributed by atoms with E-state index in [1.807, 2.05) is 24.3 Å². The number of rotatable bonds is 3.